The minimum absolute atomic E-state index is 0.484. The molecule has 0 aliphatic carbocycles. The monoisotopic (exact) mass is 270 g/mol. The van der Waals surface area contributed by atoms with Crippen LogP contribution in [0.4, 0.5) is 0 Å². The molecule has 0 amide bonds. The van der Waals surface area contributed by atoms with E-state index in [4.69, 9.17) is 4.52 Å². The first kappa shape index (κ1) is 13.4. The maximum atomic E-state index is 5.29. The summed E-state index contributed by atoms with van der Waals surface area (Å²) in [4.78, 5) is 2.56. The van der Waals surface area contributed by atoms with Crippen molar-refractivity contribution in [1.29, 1.82) is 0 Å². The van der Waals surface area contributed by atoms with E-state index in [0.29, 0.717) is 6.04 Å². The summed E-state index contributed by atoms with van der Waals surface area (Å²) < 4.78 is 5.29. The van der Waals surface area contributed by atoms with Gasteiger partial charge in [0.15, 0.2) is 0 Å². The Labute approximate surface area is 120 Å². The molecule has 106 valence electrons. The smallest absolute Gasteiger partial charge is 0.141 e. The van der Waals surface area contributed by atoms with Crippen LogP contribution in [0.1, 0.15) is 42.8 Å². The number of rotatable bonds is 3. The Bertz CT molecular complexity index is 577. The average molecular weight is 270 g/mol. The molecule has 20 heavy (non-hydrogen) atoms. The summed E-state index contributed by atoms with van der Waals surface area (Å²) in [5, 5.41) is 4.06. The van der Waals surface area contributed by atoms with Gasteiger partial charge in [0.1, 0.15) is 5.76 Å². The maximum Gasteiger partial charge on any atom is 0.141 e. The third-order valence-electron chi connectivity index (χ3n) is 4.38. The molecule has 0 unspecified atom stereocenters. The van der Waals surface area contributed by atoms with Crippen molar-refractivity contribution in [2.24, 2.45) is 0 Å². The molecule has 1 saturated heterocycles. The van der Waals surface area contributed by atoms with Crippen LogP contribution in [0.25, 0.3) is 11.1 Å². The molecular formula is C17H22N2O. The van der Waals surface area contributed by atoms with Gasteiger partial charge in [0.2, 0.25) is 0 Å². The van der Waals surface area contributed by atoms with E-state index in [0.717, 1.165) is 17.0 Å². The molecule has 0 saturated carbocycles. The van der Waals surface area contributed by atoms with Crippen LogP contribution < -0.4 is 0 Å². The zero-order valence-corrected chi connectivity index (χ0v) is 12.5. The molecule has 3 nitrogen and oxygen atoms in total. The lowest BCUT2D eigenvalue weighted by molar-refractivity contribution is 0.263. The minimum Gasteiger partial charge on any atom is -0.361 e. The molecule has 1 fully saturated rings. The van der Waals surface area contributed by atoms with Crippen LogP contribution in [0.15, 0.2) is 28.8 Å². The highest BCUT2D eigenvalue weighted by molar-refractivity contribution is 5.68. The van der Waals surface area contributed by atoms with Gasteiger partial charge in [-0.3, -0.25) is 4.90 Å². The van der Waals surface area contributed by atoms with Gasteiger partial charge in [-0.1, -0.05) is 23.4 Å². The largest absolute Gasteiger partial charge is 0.361 e. The first-order valence-corrected chi connectivity index (χ1v) is 7.44. The fourth-order valence-electron chi connectivity index (χ4n) is 3.19. The first-order valence-electron chi connectivity index (χ1n) is 7.44. The Morgan fingerprint density at radius 3 is 2.60 bits per heavy atom. The summed E-state index contributed by atoms with van der Waals surface area (Å²) in [6.45, 7) is 8.72. The number of hydrogen-bond acceptors (Lipinski definition) is 3. The van der Waals surface area contributed by atoms with Gasteiger partial charge in [-0.15, -0.1) is 0 Å². The number of benzene rings is 1. The maximum absolute atomic E-state index is 5.29. The van der Waals surface area contributed by atoms with Crippen molar-refractivity contribution >= 4 is 0 Å². The molecule has 1 aliphatic rings. The van der Waals surface area contributed by atoms with Crippen LogP contribution >= 0.6 is 0 Å². The Balaban J connectivity index is 1.93. The first-order chi connectivity index (χ1) is 9.66. The zero-order valence-electron chi connectivity index (χ0n) is 12.5. The molecule has 1 aromatic carbocycles. The topological polar surface area (TPSA) is 29.3 Å². The minimum atomic E-state index is 0.484. The molecule has 0 radical (unpaired) electrons. The van der Waals surface area contributed by atoms with Crippen molar-refractivity contribution in [1.82, 2.24) is 10.1 Å². The van der Waals surface area contributed by atoms with E-state index in [1.54, 1.807) is 0 Å². The highest BCUT2D eigenvalue weighted by Crippen LogP contribution is 2.31. The molecule has 0 N–H and O–H groups in total. The van der Waals surface area contributed by atoms with E-state index in [2.05, 4.69) is 41.2 Å². The van der Waals surface area contributed by atoms with Gasteiger partial charge in [-0.25, -0.2) is 0 Å². The Hall–Kier alpha value is -1.61. The number of likely N-dealkylation sites (tertiary alicyclic amines) is 1. The summed E-state index contributed by atoms with van der Waals surface area (Å²) in [5.41, 5.74) is 4.70. The van der Waals surface area contributed by atoms with E-state index in [9.17, 15) is 0 Å². The Morgan fingerprint density at radius 2 is 1.95 bits per heavy atom. The molecule has 3 heteroatoms. The van der Waals surface area contributed by atoms with Crippen LogP contribution in [0.3, 0.4) is 0 Å². The molecule has 3 rings (SSSR count). The predicted molar refractivity (Wildman–Crippen MR) is 80.6 cm³/mol. The van der Waals surface area contributed by atoms with Gasteiger partial charge < -0.3 is 4.52 Å². The van der Waals surface area contributed by atoms with Crippen LogP contribution in [0.2, 0.25) is 0 Å². The van der Waals surface area contributed by atoms with Crippen molar-refractivity contribution in [3.05, 3.63) is 41.3 Å². The van der Waals surface area contributed by atoms with Gasteiger partial charge in [-0.2, -0.15) is 0 Å². The summed E-state index contributed by atoms with van der Waals surface area (Å²) in [5.74, 6) is 0.897. The van der Waals surface area contributed by atoms with Crippen LogP contribution in [-0.4, -0.2) is 23.1 Å². The number of hydrogen-bond donors (Lipinski definition) is 0. The second-order valence-electron chi connectivity index (χ2n) is 5.74. The molecular weight excluding hydrogens is 248 g/mol. The molecule has 2 aromatic rings. The third-order valence-corrected chi connectivity index (χ3v) is 4.38. The summed E-state index contributed by atoms with van der Waals surface area (Å²) >= 11 is 0. The number of nitrogens with zero attached hydrogens (tertiary/aromatic N) is 2. The van der Waals surface area contributed by atoms with Gasteiger partial charge in [-0.05, 0) is 63.9 Å². The van der Waals surface area contributed by atoms with Gasteiger partial charge >= 0.3 is 0 Å². The molecule has 2 heterocycles. The highest BCUT2D eigenvalue weighted by Gasteiger charge is 2.20. The number of aromatic nitrogens is 1. The Kier molecular flexibility index (Phi) is 3.62. The lowest BCUT2D eigenvalue weighted by Crippen LogP contribution is -2.23. The van der Waals surface area contributed by atoms with Crippen molar-refractivity contribution < 1.29 is 4.52 Å². The molecule has 0 spiro atoms. The fourth-order valence-corrected chi connectivity index (χ4v) is 3.19. The van der Waals surface area contributed by atoms with Crippen molar-refractivity contribution in [2.75, 3.05) is 13.1 Å². The van der Waals surface area contributed by atoms with Gasteiger partial charge in [0.25, 0.3) is 0 Å². The summed E-state index contributed by atoms with van der Waals surface area (Å²) in [6, 6.07) is 9.29. The van der Waals surface area contributed by atoms with Gasteiger partial charge in [0.05, 0.1) is 5.69 Å². The molecule has 0 bridgehead atoms. The number of aryl methyl sites for hydroxylation is 2. The standard InChI is InChI=1S/C17H22N2O/c1-12-17(14(3)20-18-12)16-8-6-7-15(11-16)13(2)19-9-4-5-10-19/h6-8,11,13H,4-5,9-10H2,1-3H3/t13-/m1/s1. The van der Waals surface area contributed by atoms with Gasteiger partial charge in [0, 0.05) is 11.6 Å². The predicted octanol–water partition coefficient (Wildman–Crippen LogP) is 4.12. The summed E-state index contributed by atoms with van der Waals surface area (Å²) in [7, 11) is 0. The second-order valence-corrected chi connectivity index (χ2v) is 5.74. The van der Waals surface area contributed by atoms with Crippen LogP contribution in [0.5, 0.6) is 0 Å². The molecule has 1 atom stereocenters. The molecule has 1 aromatic heterocycles. The normalized spacial score (nSPS) is 17.6. The van der Waals surface area contributed by atoms with Crippen molar-refractivity contribution in [3.63, 3.8) is 0 Å². The second kappa shape index (κ2) is 5.41. The molecule has 1 aliphatic heterocycles. The lowest BCUT2D eigenvalue weighted by Gasteiger charge is -2.24. The van der Waals surface area contributed by atoms with E-state index in [1.807, 2.05) is 13.8 Å². The van der Waals surface area contributed by atoms with E-state index in [1.165, 1.54) is 37.1 Å². The van der Waals surface area contributed by atoms with Crippen molar-refractivity contribution in [2.45, 2.75) is 39.7 Å². The van der Waals surface area contributed by atoms with E-state index in [-0.39, 0.29) is 0 Å². The zero-order chi connectivity index (χ0) is 14.1. The van der Waals surface area contributed by atoms with Crippen molar-refractivity contribution in [3.8, 4) is 11.1 Å². The summed E-state index contributed by atoms with van der Waals surface area (Å²) in [6.07, 6.45) is 2.65. The highest BCUT2D eigenvalue weighted by atomic mass is 16.5. The van der Waals surface area contributed by atoms with E-state index < -0.39 is 0 Å². The quantitative estimate of drug-likeness (QED) is 0.840. The SMILES string of the molecule is Cc1noc(C)c1-c1cccc([C@@H](C)N2CCCC2)c1. The lowest BCUT2D eigenvalue weighted by atomic mass is 9.98. The van der Waals surface area contributed by atoms with Crippen LogP contribution in [0, 0.1) is 13.8 Å². The third kappa shape index (κ3) is 2.38. The average Bonchev–Trinajstić information content (AvgIpc) is 3.09. The fraction of sp³-hybridized carbons (Fsp3) is 0.471. The Morgan fingerprint density at radius 1 is 1.20 bits per heavy atom. The van der Waals surface area contributed by atoms with Crippen LogP contribution in [-0.2, 0) is 0 Å². The van der Waals surface area contributed by atoms with E-state index >= 15 is 0 Å².